The smallest absolute Gasteiger partial charge is 0.328 e. The lowest BCUT2D eigenvalue weighted by molar-refractivity contribution is -0.134. The molecule has 3 rings (SSSR count). The quantitative estimate of drug-likeness (QED) is 0.674. The Morgan fingerprint density at radius 1 is 1.32 bits per heavy atom. The molecular weight excluding hydrogens is 388 g/mol. The number of nitrogens with zero attached hydrogens (tertiary/aromatic N) is 1. The zero-order chi connectivity index (χ0) is 18.6. The second-order valence-electron chi connectivity index (χ2n) is 6.03. The van der Waals surface area contributed by atoms with Crippen LogP contribution in [-0.4, -0.2) is 32.8 Å². The molecule has 6 nitrogen and oxygen atoms in total. The van der Waals surface area contributed by atoms with Crippen molar-refractivity contribution in [2.45, 2.75) is 38.8 Å². The van der Waals surface area contributed by atoms with Crippen molar-refractivity contribution in [1.82, 2.24) is 4.57 Å². The first kappa shape index (κ1) is 19.2. The molecule has 2 heterocycles. The summed E-state index contributed by atoms with van der Waals surface area (Å²) in [5, 5.41) is 17.0. The Labute approximate surface area is 154 Å². The number of benzene rings is 1. The van der Waals surface area contributed by atoms with E-state index >= 15 is 0 Å². The molecule has 1 aromatic carbocycles. The number of rotatable bonds is 4. The third-order valence-electron chi connectivity index (χ3n) is 3.94. The molecule has 0 amide bonds. The predicted octanol–water partition coefficient (Wildman–Crippen LogP) is 2.95. The molecule has 1 unspecified atom stereocenters. The maximum atomic E-state index is 9.55. The first-order valence-corrected chi connectivity index (χ1v) is 8.78. The van der Waals surface area contributed by atoms with Crippen molar-refractivity contribution in [3.05, 3.63) is 46.1 Å². The zero-order valence-corrected chi connectivity index (χ0v) is 15.5. The van der Waals surface area contributed by atoms with Crippen LogP contribution in [0.3, 0.4) is 0 Å². The molecule has 0 bridgehead atoms. The average Bonchev–Trinajstić information content (AvgIpc) is 3.08. The molecule has 134 valence electrons. The summed E-state index contributed by atoms with van der Waals surface area (Å²) < 4.78 is 3.62. The number of aryl methyl sites for hydroxylation is 1. The summed E-state index contributed by atoms with van der Waals surface area (Å²) >= 11 is 3.57. The van der Waals surface area contributed by atoms with E-state index in [1.165, 1.54) is 35.0 Å². The van der Waals surface area contributed by atoms with Crippen LogP contribution in [0.1, 0.15) is 24.6 Å². The van der Waals surface area contributed by atoms with E-state index in [4.69, 9.17) is 15.9 Å². The average molecular weight is 409 g/mol. The highest BCUT2D eigenvalue weighted by Crippen LogP contribution is 2.33. The van der Waals surface area contributed by atoms with Gasteiger partial charge in [0.15, 0.2) is 0 Å². The van der Waals surface area contributed by atoms with Gasteiger partial charge in [0.1, 0.15) is 0 Å². The van der Waals surface area contributed by atoms with E-state index in [1.807, 2.05) is 0 Å². The molecule has 2 aromatic rings. The monoisotopic (exact) mass is 408 g/mol. The lowest BCUT2D eigenvalue weighted by Gasteiger charge is -2.06. The lowest BCUT2D eigenvalue weighted by Crippen LogP contribution is -2.18. The zero-order valence-electron chi connectivity index (χ0n) is 13.9. The van der Waals surface area contributed by atoms with Gasteiger partial charge in [-0.1, -0.05) is 15.9 Å². The van der Waals surface area contributed by atoms with Crippen molar-refractivity contribution in [3.8, 4) is 0 Å². The Hall–Kier alpha value is -2.12. The fraction of sp³-hybridized carbons (Fsp3) is 0.333. The fourth-order valence-electron chi connectivity index (χ4n) is 3.09. The van der Waals surface area contributed by atoms with Gasteiger partial charge in [-0.2, -0.15) is 0 Å². The molecular formula is C18H21BrN2O4. The van der Waals surface area contributed by atoms with E-state index in [9.17, 15) is 9.59 Å². The van der Waals surface area contributed by atoms with Gasteiger partial charge in [0.05, 0.1) is 0 Å². The van der Waals surface area contributed by atoms with Crippen LogP contribution in [0.2, 0.25) is 0 Å². The number of carboxylic acid groups (broad SMARTS) is 2. The summed E-state index contributed by atoms with van der Waals surface area (Å²) in [5.74, 6) is -2.51. The third-order valence-corrected chi connectivity index (χ3v) is 4.43. The summed E-state index contributed by atoms with van der Waals surface area (Å²) in [6.07, 6.45) is 4.57. The van der Waals surface area contributed by atoms with Gasteiger partial charge < -0.3 is 20.5 Å². The fourth-order valence-corrected chi connectivity index (χ4v) is 3.45. The maximum Gasteiger partial charge on any atom is 0.328 e. The number of fused-ring (bicyclic) bond motifs is 3. The minimum Gasteiger partial charge on any atom is -0.478 e. The maximum absolute atomic E-state index is 9.55. The van der Waals surface area contributed by atoms with Crippen LogP contribution >= 0.6 is 15.9 Å². The highest BCUT2D eigenvalue weighted by Gasteiger charge is 2.21. The Morgan fingerprint density at radius 3 is 2.52 bits per heavy atom. The topological polar surface area (TPSA) is 106 Å². The molecule has 0 spiro atoms. The van der Waals surface area contributed by atoms with Crippen LogP contribution in [0.15, 0.2) is 34.8 Å². The standard InChI is InChI=1S/C14H17BrN2.C4H4O4/c1-9(16)7-11-12-8-10(15)4-5-14(12)17-6-2-3-13(11)17;5-3(6)1-2-4(7)8/h4-5,8-9H,2-3,6-7,16H2,1H3;1-2H,(H,5,6)(H,7,8). The molecule has 0 saturated carbocycles. The van der Waals surface area contributed by atoms with E-state index in [1.54, 1.807) is 0 Å². The molecule has 25 heavy (non-hydrogen) atoms. The van der Waals surface area contributed by atoms with Gasteiger partial charge in [-0.05, 0) is 49.9 Å². The van der Waals surface area contributed by atoms with Crippen molar-refractivity contribution < 1.29 is 19.8 Å². The van der Waals surface area contributed by atoms with Crippen molar-refractivity contribution in [1.29, 1.82) is 0 Å². The van der Waals surface area contributed by atoms with Crippen LogP contribution in [0.4, 0.5) is 0 Å². The van der Waals surface area contributed by atoms with E-state index in [-0.39, 0.29) is 6.04 Å². The normalized spacial score (nSPS) is 14.2. The molecule has 7 heteroatoms. The molecule has 0 aliphatic carbocycles. The second kappa shape index (κ2) is 8.31. The van der Waals surface area contributed by atoms with Gasteiger partial charge in [-0.3, -0.25) is 0 Å². The van der Waals surface area contributed by atoms with Gasteiger partial charge in [-0.15, -0.1) is 0 Å². The molecule has 1 aliphatic rings. The molecule has 1 atom stereocenters. The Bertz CT molecular complexity index is 808. The van der Waals surface area contributed by atoms with E-state index in [2.05, 4.69) is 45.6 Å². The van der Waals surface area contributed by atoms with Gasteiger partial charge in [0.25, 0.3) is 0 Å². The Balaban J connectivity index is 0.000000242. The van der Waals surface area contributed by atoms with Crippen molar-refractivity contribution >= 4 is 38.8 Å². The molecule has 1 aliphatic heterocycles. The Morgan fingerprint density at radius 2 is 1.96 bits per heavy atom. The number of halogens is 1. The lowest BCUT2D eigenvalue weighted by atomic mass is 10.0. The molecule has 0 saturated heterocycles. The number of carboxylic acids is 2. The van der Waals surface area contributed by atoms with Gasteiger partial charge in [0.2, 0.25) is 0 Å². The number of hydrogen-bond acceptors (Lipinski definition) is 3. The van der Waals surface area contributed by atoms with E-state index in [0.717, 1.165) is 17.4 Å². The third kappa shape index (κ3) is 4.93. The second-order valence-corrected chi connectivity index (χ2v) is 6.95. The molecule has 1 aromatic heterocycles. The van der Waals surface area contributed by atoms with Crippen molar-refractivity contribution in [2.75, 3.05) is 0 Å². The number of nitrogens with two attached hydrogens (primary N) is 1. The van der Waals surface area contributed by atoms with Crippen LogP contribution in [0, 0.1) is 0 Å². The van der Waals surface area contributed by atoms with Crippen LogP contribution in [-0.2, 0) is 29.0 Å². The first-order valence-electron chi connectivity index (χ1n) is 7.98. The minimum atomic E-state index is -1.26. The summed E-state index contributed by atoms with van der Waals surface area (Å²) in [7, 11) is 0. The predicted molar refractivity (Wildman–Crippen MR) is 99.7 cm³/mol. The largest absolute Gasteiger partial charge is 0.478 e. The summed E-state index contributed by atoms with van der Waals surface area (Å²) in [5.41, 5.74) is 10.3. The number of hydrogen-bond donors (Lipinski definition) is 3. The van der Waals surface area contributed by atoms with E-state index in [0.29, 0.717) is 12.2 Å². The number of aromatic nitrogens is 1. The van der Waals surface area contributed by atoms with Gasteiger partial charge in [-0.25, -0.2) is 9.59 Å². The first-order chi connectivity index (χ1) is 11.8. The number of aliphatic carboxylic acids is 2. The summed E-state index contributed by atoms with van der Waals surface area (Å²) in [6.45, 7) is 3.25. The molecule has 0 fully saturated rings. The van der Waals surface area contributed by atoms with Gasteiger partial charge >= 0.3 is 11.9 Å². The highest BCUT2D eigenvalue weighted by molar-refractivity contribution is 9.10. The SMILES string of the molecule is CC(N)Cc1c2n(c3ccc(Br)cc13)CCC2.O=C(O)C=CC(=O)O. The van der Waals surface area contributed by atoms with Crippen LogP contribution in [0.25, 0.3) is 10.9 Å². The number of carbonyl (C=O) groups is 2. The van der Waals surface area contributed by atoms with Crippen LogP contribution in [0.5, 0.6) is 0 Å². The van der Waals surface area contributed by atoms with Gasteiger partial charge in [0, 0.05) is 45.8 Å². The van der Waals surface area contributed by atoms with Crippen LogP contribution < -0.4 is 5.73 Å². The minimum absolute atomic E-state index is 0.227. The highest BCUT2D eigenvalue weighted by atomic mass is 79.9. The van der Waals surface area contributed by atoms with Crippen molar-refractivity contribution in [2.24, 2.45) is 5.73 Å². The molecule has 4 N–H and O–H groups in total. The Kier molecular flexibility index (Phi) is 6.39. The van der Waals surface area contributed by atoms with E-state index < -0.39 is 11.9 Å². The molecule has 0 radical (unpaired) electrons. The van der Waals surface area contributed by atoms with Crippen molar-refractivity contribution in [3.63, 3.8) is 0 Å². The summed E-state index contributed by atoms with van der Waals surface area (Å²) in [6, 6.07) is 6.81. The summed E-state index contributed by atoms with van der Waals surface area (Å²) in [4.78, 5) is 19.1.